The topological polar surface area (TPSA) is 71.3 Å². The molecule has 0 saturated heterocycles. The minimum atomic E-state index is -0.147. The van der Waals surface area contributed by atoms with Gasteiger partial charge >= 0.3 is 6.03 Å². The maximum Gasteiger partial charge on any atom is 0.317 e. The van der Waals surface area contributed by atoms with Gasteiger partial charge in [-0.3, -0.25) is 4.98 Å². The maximum absolute atomic E-state index is 12.5. The zero-order valence-corrected chi connectivity index (χ0v) is 14.1. The first-order valence-electron chi connectivity index (χ1n) is 7.66. The summed E-state index contributed by atoms with van der Waals surface area (Å²) in [7, 11) is 1.74. The molecule has 1 N–H and O–H groups in total. The van der Waals surface area contributed by atoms with Gasteiger partial charge in [-0.2, -0.15) is 0 Å². The zero-order chi connectivity index (χ0) is 16.9. The lowest BCUT2D eigenvalue weighted by molar-refractivity contribution is 0.196. The van der Waals surface area contributed by atoms with Crippen LogP contribution in [0.15, 0.2) is 41.4 Å². The molecule has 23 heavy (non-hydrogen) atoms. The fourth-order valence-corrected chi connectivity index (χ4v) is 2.34. The molecule has 2 heterocycles. The highest BCUT2D eigenvalue weighted by Gasteiger charge is 2.23. The standard InChI is InChI=1S/C17H24N4O2/c1-17(2,3)10-15(13-6-5-8-18-11-13)19-16(22)21(4)12-14-7-9-23-20-14/h5-9,11,15H,10,12H2,1-4H3,(H,19,22)/t15-/m1/s1. The Bertz CT molecular complexity index is 605. The molecule has 124 valence electrons. The number of hydrogen-bond acceptors (Lipinski definition) is 4. The summed E-state index contributed by atoms with van der Waals surface area (Å²) in [4.78, 5) is 18.2. The number of rotatable bonds is 5. The largest absolute Gasteiger partial charge is 0.364 e. The molecule has 0 saturated carbocycles. The van der Waals surface area contributed by atoms with Gasteiger partial charge in [0.15, 0.2) is 0 Å². The summed E-state index contributed by atoms with van der Waals surface area (Å²) in [6.45, 7) is 6.86. The van der Waals surface area contributed by atoms with Gasteiger partial charge in [-0.05, 0) is 23.5 Å². The van der Waals surface area contributed by atoms with Gasteiger partial charge in [0.25, 0.3) is 0 Å². The molecule has 0 aliphatic heterocycles. The Kier molecular flexibility index (Phi) is 5.36. The van der Waals surface area contributed by atoms with E-state index in [0.717, 1.165) is 17.7 Å². The van der Waals surface area contributed by atoms with Gasteiger partial charge in [0, 0.05) is 25.5 Å². The van der Waals surface area contributed by atoms with Crippen LogP contribution < -0.4 is 5.32 Å². The van der Waals surface area contributed by atoms with E-state index in [1.165, 1.54) is 6.26 Å². The van der Waals surface area contributed by atoms with Crippen LogP contribution in [0.3, 0.4) is 0 Å². The first kappa shape index (κ1) is 17.0. The van der Waals surface area contributed by atoms with Gasteiger partial charge in [-0.1, -0.05) is 32.0 Å². The molecule has 2 aromatic heterocycles. The van der Waals surface area contributed by atoms with Crippen molar-refractivity contribution < 1.29 is 9.32 Å². The number of nitrogens with zero attached hydrogens (tertiary/aromatic N) is 3. The van der Waals surface area contributed by atoms with Crippen LogP contribution in [-0.2, 0) is 6.54 Å². The molecular weight excluding hydrogens is 292 g/mol. The van der Waals surface area contributed by atoms with Crippen LogP contribution in [0.25, 0.3) is 0 Å². The third kappa shape index (κ3) is 5.39. The van der Waals surface area contributed by atoms with E-state index < -0.39 is 0 Å². The quantitative estimate of drug-likeness (QED) is 0.918. The molecule has 0 aliphatic rings. The van der Waals surface area contributed by atoms with E-state index in [-0.39, 0.29) is 17.5 Å². The van der Waals surface area contributed by atoms with Crippen LogP contribution in [0.5, 0.6) is 0 Å². The molecule has 0 aliphatic carbocycles. The number of nitrogens with one attached hydrogen (secondary N) is 1. The minimum Gasteiger partial charge on any atom is -0.364 e. The molecule has 0 spiro atoms. The van der Waals surface area contributed by atoms with Crippen LogP contribution in [0.2, 0.25) is 0 Å². The second-order valence-corrected chi connectivity index (χ2v) is 6.90. The highest BCUT2D eigenvalue weighted by atomic mass is 16.5. The van der Waals surface area contributed by atoms with Crippen molar-refractivity contribution in [2.45, 2.75) is 39.8 Å². The molecule has 2 amide bonds. The molecule has 0 aromatic carbocycles. The van der Waals surface area contributed by atoms with Crippen LogP contribution >= 0.6 is 0 Å². The molecule has 6 heteroatoms. The van der Waals surface area contributed by atoms with Crippen molar-refractivity contribution >= 4 is 6.03 Å². The van der Waals surface area contributed by atoms with Gasteiger partial charge < -0.3 is 14.7 Å². The van der Waals surface area contributed by atoms with Crippen LogP contribution in [0, 0.1) is 5.41 Å². The number of aromatic nitrogens is 2. The molecule has 6 nitrogen and oxygen atoms in total. The Morgan fingerprint density at radius 2 is 2.17 bits per heavy atom. The summed E-state index contributed by atoms with van der Waals surface area (Å²) < 4.78 is 4.79. The van der Waals surface area contributed by atoms with E-state index in [2.05, 4.69) is 36.2 Å². The lowest BCUT2D eigenvalue weighted by Crippen LogP contribution is -2.40. The zero-order valence-electron chi connectivity index (χ0n) is 14.1. The van der Waals surface area contributed by atoms with Crippen molar-refractivity contribution in [1.29, 1.82) is 0 Å². The molecule has 0 fully saturated rings. The third-order valence-electron chi connectivity index (χ3n) is 3.44. The minimum absolute atomic E-state index is 0.0818. The lowest BCUT2D eigenvalue weighted by Gasteiger charge is -2.28. The average Bonchev–Trinajstić information content (AvgIpc) is 2.99. The van der Waals surface area contributed by atoms with Crippen molar-refractivity contribution in [3.63, 3.8) is 0 Å². The smallest absolute Gasteiger partial charge is 0.317 e. The normalized spacial score (nSPS) is 12.7. The highest BCUT2D eigenvalue weighted by molar-refractivity contribution is 5.74. The van der Waals surface area contributed by atoms with E-state index in [1.807, 2.05) is 12.1 Å². The first-order chi connectivity index (χ1) is 10.8. The van der Waals surface area contributed by atoms with Gasteiger partial charge in [0.05, 0.1) is 12.6 Å². The Labute approximate surface area is 136 Å². The molecule has 0 radical (unpaired) electrons. The van der Waals surface area contributed by atoms with Gasteiger partial charge in [-0.15, -0.1) is 0 Å². The Hall–Kier alpha value is -2.37. The van der Waals surface area contributed by atoms with Crippen molar-refractivity contribution in [3.05, 3.63) is 48.1 Å². The molecular formula is C17H24N4O2. The van der Waals surface area contributed by atoms with E-state index in [0.29, 0.717) is 6.54 Å². The van der Waals surface area contributed by atoms with Crippen LogP contribution in [-0.4, -0.2) is 28.1 Å². The second-order valence-electron chi connectivity index (χ2n) is 6.90. The number of urea groups is 1. The summed E-state index contributed by atoms with van der Waals surface area (Å²) >= 11 is 0. The third-order valence-corrected chi connectivity index (χ3v) is 3.44. The summed E-state index contributed by atoms with van der Waals surface area (Å²) in [6, 6.07) is 5.39. The van der Waals surface area contributed by atoms with Crippen LogP contribution in [0.1, 0.15) is 44.5 Å². The van der Waals surface area contributed by atoms with E-state index in [9.17, 15) is 4.79 Å². The fraction of sp³-hybridized carbons (Fsp3) is 0.471. The Morgan fingerprint density at radius 1 is 1.39 bits per heavy atom. The molecule has 1 atom stereocenters. The van der Waals surface area contributed by atoms with Crippen molar-refractivity contribution in [2.75, 3.05) is 7.05 Å². The lowest BCUT2D eigenvalue weighted by atomic mass is 9.86. The van der Waals surface area contributed by atoms with Gasteiger partial charge in [0.1, 0.15) is 12.0 Å². The Morgan fingerprint density at radius 3 is 2.74 bits per heavy atom. The summed E-state index contributed by atoms with van der Waals surface area (Å²) in [5.74, 6) is 0. The summed E-state index contributed by atoms with van der Waals surface area (Å²) in [5.41, 5.74) is 1.81. The summed E-state index contributed by atoms with van der Waals surface area (Å²) in [5, 5.41) is 6.92. The first-order valence-corrected chi connectivity index (χ1v) is 7.66. The SMILES string of the molecule is CN(Cc1ccon1)C(=O)N[C@H](CC(C)(C)C)c1cccnc1. The average molecular weight is 316 g/mol. The van der Waals surface area contributed by atoms with Crippen molar-refractivity contribution in [1.82, 2.24) is 20.4 Å². The molecule has 0 bridgehead atoms. The molecule has 2 rings (SSSR count). The van der Waals surface area contributed by atoms with Crippen molar-refractivity contribution in [3.8, 4) is 0 Å². The number of hydrogen-bond donors (Lipinski definition) is 1. The second kappa shape index (κ2) is 7.26. The fourth-order valence-electron chi connectivity index (χ4n) is 2.34. The molecule has 2 aromatic rings. The number of amides is 2. The van der Waals surface area contributed by atoms with Gasteiger partial charge in [-0.25, -0.2) is 4.79 Å². The number of pyridine rings is 1. The predicted octanol–water partition coefficient (Wildman–Crippen LogP) is 3.39. The van der Waals surface area contributed by atoms with E-state index >= 15 is 0 Å². The highest BCUT2D eigenvalue weighted by Crippen LogP contribution is 2.29. The Balaban J connectivity index is 2.06. The maximum atomic E-state index is 12.5. The predicted molar refractivity (Wildman–Crippen MR) is 87.6 cm³/mol. The summed E-state index contributed by atoms with van der Waals surface area (Å²) in [6.07, 6.45) is 5.85. The number of carbonyl (C=O) groups is 1. The van der Waals surface area contributed by atoms with E-state index in [4.69, 9.17) is 4.52 Å². The molecule has 0 unspecified atom stereocenters. The van der Waals surface area contributed by atoms with Crippen molar-refractivity contribution in [2.24, 2.45) is 5.41 Å². The van der Waals surface area contributed by atoms with Crippen LogP contribution in [0.4, 0.5) is 4.79 Å². The van der Waals surface area contributed by atoms with Gasteiger partial charge in [0.2, 0.25) is 0 Å². The monoisotopic (exact) mass is 316 g/mol. The number of carbonyl (C=O) groups excluding carboxylic acids is 1. The van der Waals surface area contributed by atoms with E-state index in [1.54, 1.807) is 30.4 Å².